The third kappa shape index (κ3) is 24.4. The number of carbonyl (C=O) groups is 1. The Kier molecular flexibility index (Phi) is 36.1. The number of esters is 1. The minimum Gasteiger partial charge on any atom is 0 e. The van der Waals surface area contributed by atoms with Crippen LogP contribution in [0.25, 0.3) is 0 Å². The van der Waals surface area contributed by atoms with E-state index in [4.69, 9.17) is 18.7 Å². The van der Waals surface area contributed by atoms with E-state index in [1.807, 2.05) is 6.42 Å². The number of hydrogen-bond acceptors (Lipinski definition) is 3. The maximum atomic E-state index is 10.5. The van der Waals surface area contributed by atoms with E-state index in [1.54, 1.807) is 12.8 Å². The number of methoxy groups -OCH3 is 1. The summed E-state index contributed by atoms with van der Waals surface area (Å²) in [7, 11) is 1.35. The van der Waals surface area contributed by atoms with Gasteiger partial charge >= 0.3 is 39.9 Å². The molecule has 0 aromatic heterocycles. The molecule has 1 saturated heterocycles. The van der Waals surface area contributed by atoms with Crippen LogP contribution in [0.1, 0.15) is 0 Å². The van der Waals surface area contributed by atoms with E-state index in [0.717, 1.165) is 6.61 Å². The molecule has 0 aliphatic carbocycles. The summed E-state index contributed by atoms with van der Waals surface area (Å²) in [6.45, 7) is 14.3. The Bertz CT molecular complexity index is 217. The van der Waals surface area contributed by atoms with Crippen molar-refractivity contribution in [3.05, 3.63) is 45.6 Å². The summed E-state index contributed by atoms with van der Waals surface area (Å²) in [5, 5.41) is 0. The molecule has 1 atom stereocenters. The van der Waals surface area contributed by atoms with Crippen molar-refractivity contribution in [1.82, 2.24) is 0 Å². The second-order valence-electron chi connectivity index (χ2n) is 2.14. The minimum atomic E-state index is -0.341. The smallest absolute Gasteiger partial charge is 0 e. The van der Waals surface area contributed by atoms with Crippen molar-refractivity contribution in [1.29, 1.82) is 0 Å². The van der Waals surface area contributed by atoms with Gasteiger partial charge in [-0.25, -0.2) is 0 Å². The van der Waals surface area contributed by atoms with Crippen molar-refractivity contribution in [3.8, 4) is 0 Å². The number of ether oxygens (including phenoxy) is 2. The fourth-order valence-electron chi connectivity index (χ4n) is 0.557. The first-order valence-corrected chi connectivity index (χ1v) is 3.98. The summed E-state index contributed by atoms with van der Waals surface area (Å²) in [5.41, 5.74) is 0. The Labute approximate surface area is 117 Å². The molecule has 98 valence electrons. The third-order valence-electron chi connectivity index (χ3n) is 1.23. The average molecular weight is 294 g/mol. The van der Waals surface area contributed by atoms with E-state index in [-0.39, 0.29) is 29.1 Å². The Morgan fingerprint density at radius 3 is 2.00 bits per heavy atom. The monoisotopic (exact) mass is 294 g/mol. The van der Waals surface area contributed by atoms with E-state index < -0.39 is 0 Å². The Morgan fingerprint density at radius 1 is 1.22 bits per heavy atom. The first-order valence-electron chi connectivity index (χ1n) is 3.98. The summed E-state index contributed by atoms with van der Waals surface area (Å²) in [6.07, 6.45) is 6.91. The number of carbonyl (C=O) groups excluding carboxylic acids is 1. The van der Waals surface area contributed by atoms with Gasteiger partial charge in [0.1, 0.15) is 0 Å². The van der Waals surface area contributed by atoms with E-state index in [9.17, 15) is 4.79 Å². The molecule has 4 radical (unpaired) electrons. The molecular formula is C11H10FeO6. The van der Waals surface area contributed by atoms with Crippen LogP contribution >= 0.6 is 0 Å². The molecule has 1 aliphatic heterocycles. The Balaban J connectivity index is -0.000000123. The third-order valence-corrected chi connectivity index (χ3v) is 1.23. The van der Waals surface area contributed by atoms with Crippen LogP contribution in [0.15, 0.2) is 0 Å². The largest absolute Gasteiger partial charge is 0 e. The summed E-state index contributed by atoms with van der Waals surface area (Å²) in [4.78, 5) is 10.5. The van der Waals surface area contributed by atoms with Crippen LogP contribution in [0.4, 0.5) is 0 Å². The van der Waals surface area contributed by atoms with E-state index in [2.05, 4.69) is 24.7 Å². The topological polar surface area (TPSA) is 98.5 Å². The molecule has 18 heavy (non-hydrogen) atoms. The molecule has 7 heteroatoms. The van der Waals surface area contributed by atoms with Gasteiger partial charge in [-0.05, 0) is 19.3 Å². The van der Waals surface area contributed by atoms with Gasteiger partial charge in [0.2, 0.25) is 0 Å². The van der Waals surface area contributed by atoms with Crippen LogP contribution in [0.3, 0.4) is 0 Å². The van der Waals surface area contributed by atoms with Crippen LogP contribution in [-0.2, 0) is 45.3 Å². The minimum absolute atomic E-state index is 0. The maximum Gasteiger partial charge on any atom is 0 e. The zero-order valence-corrected chi connectivity index (χ0v) is 10.5. The van der Waals surface area contributed by atoms with Crippen LogP contribution < -0.4 is 0 Å². The predicted molar refractivity (Wildman–Crippen MR) is 50.7 cm³/mol. The van der Waals surface area contributed by atoms with Gasteiger partial charge in [-0.1, -0.05) is 0 Å². The molecule has 6 nitrogen and oxygen atoms in total. The molecule has 0 aromatic rings. The number of unbranched alkanes of at least 4 members (excludes halogenated alkanes) is 1. The predicted octanol–water partition coefficient (Wildman–Crippen LogP) is 0.260. The molecule has 1 heterocycles. The van der Waals surface area contributed by atoms with Crippen molar-refractivity contribution in [3.63, 3.8) is 0 Å². The fourth-order valence-corrected chi connectivity index (χ4v) is 0.557. The first-order chi connectivity index (χ1) is 8.33. The van der Waals surface area contributed by atoms with Gasteiger partial charge in [0.05, 0.1) is 26.2 Å². The van der Waals surface area contributed by atoms with Crippen molar-refractivity contribution < 1.29 is 45.3 Å². The standard InChI is InChI=1S/C8H10O3.3CO.Fe/c1-10-8(9)5-3-2-4-7-6-11-7;3*1-2;/h2-5,7H,6H2,1H3;;;;. The van der Waals surface area contributed by atoms with Gasteiger partial charge in [0.25, 0.3) is 0 Å². The molecule has 1 rings (SSSR count). The normalized spacial score (nSPS) is 13.4. The van der Waals surface area contributed by atoms with E-state index in [0.29, 0.717) is 0 Å². The SMILES string of the molecule is COC(=O)[CH][CH][CH][CH]C1CO1.[C-]#[O+].[C-]#[O+].[C-]#[O+].[Fe]. The maximum absolute atomic E-state index is 10.5. The molecule has 0 saturated carbocycles. The molecule has 0 N–H and O–H groups in total. The van der Waals surface area contributed by atoms with Gasteiger partial charge < -0.3 is 9.47 Å². The van der Waals surface area contributed by atoms with Crippen molar-refractivity contribution >= 4 is 5.97 Å². The van der Waals surface area contributed by atoms with E-state index in [1.165, 1.54) is 13.5 Å². The second kappa shape index (κ2) is 25.1. The molecular weight excluding hydrogens is 284 g/mol. The molecule has 0 aromatic carbocycles. The summed E-state index contributed by atoms with van der Waals surface area (Å²) in [5.74, 6) is -0.341. The van der Waals surface area contributed by atoms with Gasteiger partial charge in [-0.3, -0.25) is 4.79 Å². The fraction of sp³-hybridized carbons (Fsp3) is 0.273. The molecule has 1 unspecified atom stereocenters. The Morgan fingerprint density at radius 2 is 1.67 bits per heavy atom. The van der Waals surface area contributed by atoms with Crippen molar-refractivity contribution in [2.75, 3.05) is 13.7 Å². The Hall–Kier alpha value is -0.831. The average Bonchev–Trinajstić information content (AvgIpc) is 3.25. The molecule has 0 amide bonds. The zero-order valence-electron chi connectivity index (χ0n) is 9.40. The summed E-state index contributed by atoms with van der Waals surface area (Å²) < 4.78 is 31.8. The van der Waals surface area contributed by atoms with Crippen LogP contribution in [-0.4, -0.2) is 25.8 Å². The number of epoxide rings is 1. The molecule has 1 aliphatic rings. The van der Waals surface area contributed by atoms with Gasteiger partial charge in [0, 0.05) is 17.1 Å². The van der Waals surface area contributed by atoms with Crippen LogP contribution in [0, 0.1) is 45.6 Å². The first kappa shape index (κ1) is 25.9. The number of rotatable bonds is 5. The van der Waals surface area contributed by atoms with Crippen LogP contribution in [0.2, 0.25) is 0 Å². The van der Waals surface area contributed by atoms with Crippen molar-refractivity contribution in [2.24, 2.45) is 0 Å². The summed E-state index contributed by atoms with van der Waals surface area (Å²) >= 11 is 0. The van der Waals surface area contributed by atoms with Crippen molar-refractivity contribution in [2.45, 2.75) is 6.10 Å². The van der Waals surface area contributed by atoms with Gasteiger partial charge in [0.15, 0.2) is 0 Å². The zero-order chi connectivity index (χ0) is 14.1. The summed E-state index contributed by atoms with van der Waals surface area (Å²) in [6, 6.07) is 0. The molecule has 1 fully saturated rings. The quantitative estimate of drug-likeness (QED) is 0.181. The molecule has 0 spiro atoms. The molecule has 0 bridgehead atoms. The van der Waals surface area contributed by atoms with Crippen LogP contribution in [0.5, 0.6) is 0 Å². The number of hydrogen-bond donors (Lipinski definition) is 0. The second-order valence-corrected chi connectivity index (χ2v) is 2.14. The van der Waals surface area contributed by atoms with E-state index >= 15 is 0 Å². The van der Waals surface area contributed by atoms with Gasteiger partial charge in [-0.15, -0.1) is 0 Å². The van der Waals surface area contributed by atoms with Gasteiger partial charge in [-0.2, -0.15) is 0 Å².